The van der Waals surface area contributed by atoms with Crippen LogP contribution in [0.2, 0.25) is 0 Å². The second kappa shape index (κ2) is 8.19. The highest BCUT2D eigenvalue weighted by Gasteiger charge is 2.30. The first-order valence-corrected chi connectivity index (χ1v) is 8.91. The molecule has 0 spiro atoms. The number of halogens is 2. The molecule has 2 unspecified atom stereocenters. The van der Waals surface area contributed by atoms with Gasteiger partial charge in [0.15, 0.2) is 0 Å². The van der Waals surface area contributed by atoms with Gasteiger partial charge in [0, 0.05) is 12.1 Å². The Hall–Kier alpha value is -1.29. The van der Waals surface area contributed by atoms with E-state index in [-0.39, 0.29) is 29.9 Å². The third-order valence-electron chi connectivity index (χ3n) is 4.32. The molecule has 1 saturated carbocycles. The van der Waals surface area contributed by atoms with E-state index >= 15 is 0 Å². The average molecular weight is 382 g/mol. The molecule has 0 aromatic heterocycles. The second-order valence-electron chi connectivity index (χ2n) is 5.81. The fraction of sp³-hybridized carbons (Fsp3) is 0.571. The van der Waals surface area contributed by atoms with Gasteiger partial charge in [0.25, 0.3) is 5.69 Å². The van der Waals surface area contributed by atoms with Gasteiger partial charge in [-0.15, -0.1) is 12.4 Å². The van der Waals surface area contributed by atoms with Crippen molar-refractivity contribution < 1.29 is 17.7 Å². The molecule has 3 N–H and O–H groups in total. The Bertz CT molecular complexity index is 714. The minimum absolute atomic E-state index is 0. The Morgan fingerprint density at radius 1 is 1.38 bits per heavy atom. The summed E-state index contributed by atoms with van der Waals surface area (Å²) in [4.78, 5) is 9.72. The van der Waals surface area contributed by atoms with Crippen molar-refractivity contribution in [2.24, 2.45) is 11.7 Å². The van der Waals surface area contributed by atoms with Gasteiger partial charge >= 0.3 is 0 Å². The van der Waals surface area contributed by atoms with Crippen molar-refractivity contribution in [2.45, 2.75) is 43.5 Å². The number of nitrogens with zero attached hydrogens (tertiary/aromatic N) is 1. The van der Waals surface area contributed by atoms with Crippen LogP contribution in [0, 0.1) is 28.8 Å². The predicted molar refractivity (Wildman–Crippen MR) is 90.2 cm³/mol. The number of nitrogens with one attached hydrogen (secondary N) is 1. The summed E-state index contributed by atoms with van der Waals surface area (Å²) in [6, 6.07) is 1.37. The number of hydrogen-bond acceptors (Lipinski definition) is 5. The average Bonchev–Trinajstić information content (AvgIpc) is 2.49. The van der Waals surface area contributed by atoms with Crippen molar-refractivity contribution in [2.75, 3.05) is 6.54 Å². The zero-order valence-corrected chi connectivity index (χ0v) is 14.8. The Morgan fingerprint density at radius 3 is 2.58 bits per heavy atom. The minimum Gasteiger partial charge on any atom is -0.330 e. The number of rotatable bonds is 5. The van der Waals surface area contributed by atoms with Crippen LogP contribution in [-0.2, 0) is 10.0 Å². The number of benzene rings is 1. The van der Waals surface area contributed by atoms with Gasteiger partial charge in [-0.2, -0.15) is 0 Å². The van der Waals surface area contributed by atoms with Crippen LogP contribution in [0.3, 0.4) is 0 Å². The van der Waals surface area contributed by atoms with E-state index in [1.807, 2.05) is 0 Å². The maximum atomic E-state index is 13.8. The molecule has 0 radical (unpaired) electrons. The quantitative estimate of drug-likeness (QED) is 0.599. The summed E-state index contributed by atoms with van der Waals surface area (Å²) >= 11 is 0. The lowest BCUT2D eigenvalue weighted by Gasteiger charge is -2.31. The molecule has 1 aliphatic carbocycles. The normalized spacial score (nSPS) is 21.1. The topological polar surface area (TPSA) is 115 Å². The lowest BCUT2D eigenvalue weighted by molar-refractivity contribution is -0.385. The highest BCUT2D eigenvalue weighted by Crippen LogP contribution is 2.28. The molecule has 1 fully saturated rings. The summed E-state index contributed by atoms with van der Waals surface area (Å²) < 4.78 is 41.3. The lowest BCUT2D eigenvalue weighted by atomic mass is 9.85. The smallest absolute Gasteiger partial charge is 0.276 e. The molecule has 10 heteroatoms. The van der Waals surface area contributed by atoms with Crippen molar-refractivity contribution in [1.29, 1.82) is 0 Å². The number of sulfonamides is 1. The van der Waals surface area contributed by atoms with E-state index in [1.165, 1.54) is 6.92 Å². The second-order valence-corrected chi connectivity index (χ2v) is 7.53. The van der Waals surface area contributed by atoms with E-state index in [2.05, 4.69) is 4.72 Å². The Kier molecular flexibility index (Phi) is 7.09. The number of nitro groups is 1. The fourth-order valence-corrected chi connectivity index (χ4v) is 4.27. The Morgan fingerprint density at radius 2 is 2.00 bits per heavy atom. The van der Waals surface area contributed by atoms with Crippen LogP contribution in [0.5, 0.6) is 0 Å². The summed E-state index contributed by atoms with van der Waals surface area (Å²) in [6.45, 7) is 1.60. The summed E-state index contributed by atoms with van der Waals surface area (Å²) in [5.41, 5.74) is 4.93. The molecule has 0 heterocycles. The molecule has 2 rings (SSSR count). The first-order chi connectivity index (χ1) is 10.8. The van der Waals surface area contributed by atoms with E-state index in [4.69, 9.17) is 5.73 Å². The van der Waals surface area contributed by atoms with Crippen molar-refractivity contribution >= 4 is 28.1 Å². The molecule has 1 aromatic carbocycles. The van der Waals surface area contributed by atoms with E-state index in [0.29, 0.717) is 13.0 Å². The molecular weight excluding hydrogens is 361 g/mol. The van der Waals surface area contributed by atoms with Crippen molar-refractivity contribution in [3.05, 3.63) is 33.6 Å². The molecule has 24 heavy (non-hydrogen) atoms. The minimum atomic E-state index is -4.05. The van der Waals surface area contributed by atoms with E-state index < -0.39 is 31.3 Å². The molecule has 0 bridgehead atoms. The Balaban J connectivity index is 0.00000288. The van der Waals surface area contributed by atoms with Gasteiger partial charge in [-0.3, -0.25) is 10.1 Å². The van der Waals surface area contributed by atoms with Crippen LogP contribution < -0.4 is 10.5 Å². The zero-order chi connectivity index (χ0) is 17.2. The van der Waals surface area contributed by atoms with Crippen molar-refractivity contribution in [3.63, 3.8) is 0 Å². The summed E-state index contributed by atoms with van der Waals surface area (Å²) in [6.07, 6.45) is 3.35. The third kappa shape index (κ3) is 4.41. The first-order valence-electron chi connectivity index (χ1n) is 7.43. The summed E-state index contributed by atoms with van der Waals surface area (Å²) in [5.74, 6) is -0.901. The molecule has 7 nitrogen and oxygen atoms in total. The summed E-state index contributed by atoms with van der Waals surface area (Å²) in [5, 5.41) is 10.9. The molecule has 0 aliphatic heterocycles. The number of hydrogen-bond donors (Lipinski definition) is 2. The van der Waals surface area contributed by atoms with Gasteiger partial charge in [0.2, 0.25) is 10.0 Å². The van der Waals surface area contributed by atoms with E-state index in [1.54, 1.807) is 0 Å². The van der Waals surface area contributed by atoms with E-state index in [9.17, 15) is 22.9 Å². The standard InChI is InChI=1S/C14H20FN3O4S.ClH/c1-9-12(15)6-11(7-14(9)18(19)20)23(21,22)17-13-5-3-2-4-10(13)8-16;/h6-7,10,13,17H,2-5,8,16H2,1H3;1H. The van der Waals surface area contributed by atoms with Gasteiger partial charge < -0.3 is 5.73 Å². The first kappa shape index (κ1) is 20.8. The van der Waals surface area contributed by atoms with Crippen LogP contribution in [0.15, 0.2) is 17.0 Å². The van der Waals surface area contributed by atoms with Gasteiger partial charge in [0.1, 0.15) is 5.82 Å². The largest absolute Gasteiger partial charge is 0.330 e. The highest BCUT2D eigenvalue weighted by molar-refractivity contribution is 7.89. The maximum Gasteiger partial charge on any atom is 0.276 e. The summed E-state index contributed by atoms with van der Waals surface area (Å²) in [7, 11) is -4.05. The molecular formula is C14H21ClFN3O4S. The molecule has 0 amide bonds. The van der Waals surface area contributed by atoms with Crippen molar-refractivity contribution in [1.82, 2.24) is 4.72 Å². The number of nitro benzene ring substituents is 1. The molecule has 1 aliphatic rings. The maximum absolute atomic E-state index is 13.8. The molecule has 2 atom stereocenters. The van der Waals surface area contributed by atoms with Gasteiger partial charge in [-0.05, 0) is 38.3 Å². The SMILES string of the molecule is Cc1c(F)cc(S(=O)(=O)NC2CCCCC2CN)cc1[N+](=O)[O-].Cl. The van der Waals surface area contributed by atoms with Gasteiger partial charge in [-0.25, -0.2) is 17.5 Å². The number of nitrogens with two attached hydrogens (primary N) is 1. The van der Waals surface area contributed by atoms with Crippen LogP contribution in [0.1, 0.15) is 31.2 Å². The zero-order valence-electron chi connectivity index (χ0n) is 13.2. The molecule has 0 saturated heterocycles. The lowest BCUT2D eigenvalue weighted by Crippen LogP contribution is -2.44. The fourth-order valence-electron chi connectivity index (χ4n) is 2.90. The predicted octanol–water partition coefficient (Wildman–Crippen LogP) is 2.26. The highest BCUT2D eigenvalue weighted by atomic mass is 35.5. The molecule has 1 aromatic rings. The van der Waals surface area contributed by atoms with E-state index in [0.717, 1.165) is 31.4 Å². The molecule has 136 valence electrons. The monoisotopic (exact) mass is 381 g/mol. The van der Waals surface area contributed by atoms with Crippen LogP contribution in [0.4, 0.5) is 10.1 Å². The van der Waals surface area contributed by atoms with Crippen molar-refractivity contribution in [3.8, 4) is 0 Å². The van der Waals surface area contributed by atoms with Crippen LogP contribution in [0.25, 0.3) is 0 Å². The van der Waals surface area contributed by atoms with Crippen LogP contribution in [-0.4, -0.2) is 25.9 Å². The Labute approximate surface area is 146 Å². The van der Waals surface area contributed by atoms with Gasteiger partial charge in [-0.1, -0.05) is 12.8 Å². The van der Waals surface area contributed by atoms with Gasteiger partial charge in [0.05, 0.1) is 15.4 Å². The third-order valence-corrected chi connectivity index (χ3v) is 5.79. The van der Waals surface area contributed by atoms with Crippen LogP contribution >= 0.6 is 12.4 Å².